The van der Waals surface area contributed by atoms with Crippen LogP contribution in [-0.2, 0) is 27.6 Å². The number of hydrogen-bond acceptors (Lipinski definition) is 3. The number of sulfone groups is 1. The van der Waals surface area contributed by atoms with Gasteiger partial charge in [0, 0.05) is 16.6 Å². The van der Waals surface area contributed by atoms with Crippen LogP contribution in [0.15, 0.2) is 60.7 Å². The maximum Gasteiger partial charge on any atom is 0.227 e. The molecule has 30 heavy (non-hydrogen) atoms. The van der Waals surface area contributed by atoms with E-state index < -0.39 is 21.7 Å². The van der Waals surface area contributed by atoms with Crippen LogP contribution in [0.1, 0.15) is 17.5 Å². The summed E-state index contributed by atoms with van der Waals surface area (Å²) in [6, 6.07) is 17.4. The lowest BCUT2D eigenvalue weighted by molar-refractivity contribution is -0.133. The summed E-state index contributed by atoms with van der Waals surface area (Å²) in [7, 11) is -3.21. The maximum atomic E-state index is 14.4. The highest BCUT2D eigenvalue weighted by atomic mass is 35.5. The number of fused-ring (bicyclic) bond motifs is 1. The number of rotatable bonds is 5. The van der Waals surface area contributed by atoms with Gasteiger partial charge >= 0.3 is 0 Å². The highest BCUT2D eigenvalue weighted by molar-refractivity contribution is 7.91. The molecule has 1 heterocycles. The monoisotopic (exact) mass is 445 g/mol. The van der Waals surface area contributed by atoms with Gasteiger partial charge < -0.3 is 4.90 Å². The van der Waals surface area contributed by atoms with Gasteiger partial charge in [-0.2, -0.15) is 0 Å². The lowest BCUT2D eigenvalue weighted by Gasteiger charge is -2.29. The molecule has 3 aromatic rings. The Labute approximate surface area is 180 Å². The normalized spacial score (nSPS) is 17.9. The fourth-order valence-electron chi connectivity index (χ4n) is 4.01. The highest BCUT2D eigenvalue weighted by Gasteiger charge is 2.35. The van der Waals surface area contributed by atoms with Crippen LogP contribution in [0.5, 0.6) is 0 Å². The maximum absolute atomic E-state index is 14.4. The van der Waals surface area contributed by atoms with E-state index in [4.69, 9.17) is 11.6 Å². The third-order valence-electron chi connectivity index (χ3n) is 5.58. The van der Waals surface area contributed by atoms with Gasteiger partial charge in [-0.15, -0.1) is 0 Å². The van der Waals surface area contributed by atoms with Crippen LogP contribution in [0.3, 0.4) is 0 Å². The Hall–Kier alpha value is -2.44. The number of halogens is 2. The van der Waals surface area contributed by atoms with E-state index in [2.05, 4.69) is 0 Å². The third kappa shape index (κ3) is 4.35. The molecule has 7 heteroatoms. The quantitative estimate of drug-likeness (QED) is 0.585. The largest absolute Gasteiger partial charge is 0.334 e. The molecular weight excluding hydrogens is 425 g/mol. The molecule has 4 rings (SSSR count). The Morgan fingerprint density at radius 1 is 1.07 bits per heavy atom. The fraction of sp³-hybridized carbons (Fsp3) is 0.261. The van der Waals surface area contributed by atoms with E-state index >= 15 is 0 Å². The molecule has 1 amide bonds. The van der Waals surface area contributed by atoms with Gasteiger partial charge in [0.15, 0.2) is 9.84 Å². The predicted octanol–water partition coefficient (Wildman–Crippen LogP) is 4.39. The first-order chi connectivity index (χ1) is 14.3. The number of nitrogens with zero attached hydrogens (tertiary/aromatic N) is 1. The second-order valence-electron chi connectivity index (χ2n) is 7.59. The summed E-state index contributed by atoms with van der Waals surface area (Å²) in [6.07, 6.45) is 0.444. The SMILES string of the molecule is O=C(Cc1cccc2ccccc12)N(Cc1c(F)cccc1Cl)C1CCS(=O)(=O)C1. The van der Waals surface area contributed by atoms with E-state index in [1.165, 1.54) is 17.0 Å². The first kappa shape index (κ1) is 20.8. The Balaban J connectivity index is 1.67. The predicted molar refractivity (Wildman–Crippen MR) is 117 cm³/mol. The van der Waals surface area contributed by atoms with Gasteiger partial charge in [-0.1, -0.05) is 60.1 Å². The molecular formula is C23H21ClFNO3S. The van der Waals surface area contributed by atoms with Crippen molar-refractivity contribution in [3.8, 4) is 0 Å². The van der Waals surface area contributed by atoms with Crippen molar-refractivity contribution < 1.29 is 17.6 Å². The van der Waals surface area contributed by atoms with E-state index in [1.54, 1.807) is 6.07 Å². The van der Waals surface area contributed by atoms with Crippen LogP contribution in [-0.4, -0.2) is 36.8 Å². The Kier molecular flexibility index (Phi) is 5.80. The van der Waals surface area contributed by atoms with Gasteiger partial charge in [-0.3, -0.25) is 4.79 Å². The molecule has 1 atom stereocenters. The molecule has 0 N–H and O–H groups in total. The van der Waals surface area contributed by atoms with E-state index in [0.717, 1.165) is 16.3 Å². The molecule has 156 valence electrons. The van der Waals surface area contributed by atoms with Gasteiger partial charge in [0.2, 0.25) is 5.91 Å². The van der Waals surface area contributed by atoms with Crippen molar-refractivity contribution in [1.82, 2.24) is 4.90 Å². The zero-order valence-electron chi connectivity index (χ0n) is 16.2. The molecule has 0 bridgehead atoms. The van der Waals surface area contributed by atoms with Crippen molar-refractivity contribution in [2.75, 3.05) is 11.5 Å². The average Bonchev–Trinajstić information content (AvgIpc) is 3.07. The van der Waals surface area contributed by atoms with Crippen molar-refractivity contribution in [3.63, 3.8) is 0 Å². The summed E-state index contributed by atoms with van der Waals surface area (Å²) < 4.78 is 38.5. The van der Waals surface area contributed by atoms with Gasteiger partial charge in [0.25, 0.3) is 0 Å². The topological polar surface area (TPSA) is 54.5 Å². The second kappa shape index (κ2) is 8.36. The Morgan fingerprint density at radius 2 is 1.80 bits per heavy atom. The molecule has 0 spiro atoms. The van der Waals surface area contributed by atoms with Gasteiger partial charge in [-0.25, -0.2) is 12.8 Å². The third-order valence-corrected chi connectivity index (χ3v) is 7.69. The molecule has 0 aliphatic carbocycles. The summed E-state index contributed by atoms with van der Waals surface area (Å²) in [4.78, 5) is 14.8. The van der Waals surface area contributed by atoms with Gasteiger partial charge in [0.1, 0.15) is 5.82 Å². The van der Waals surface area contributed by atoms with Crippen molar-refractivity contribution in [1.29, 1.82) is 0 Å². The number of carbonyl (C=O) groups excluding carboxylic acids is 1. The molecule has 1 aliphatic rings. The van der Waals surface area contributed by atoms with Crippen molar-refractivity contribution in [2.24, 2.45) is 0 Å². The molecule has 4 nitrogen and oxygen atoms in total. The van der Waals surface area contributed by atoms with Crippen molar-refractivity contribution in [3.05, 3.63) is 82.6 Å². The smallest absolute Gasteiger partial charge is 0.227 e. The number of carbonyl (C=O) groups is 1. The number of hydrogen-bond donors (Lipinski definition) is 0. The van der Waals surface area contributed by atoms with E-state index in [9.17, 15) is 17.6 Å². The Morgan fingerprint density at radius 3 is 2.53 bits per heavy atom. The van der Waals surface area contributed by atoms with Crippen LogP contribution in [0, 0.1) is 5.82 Å². The zero-order chi connectivity index (χ0) is 21.3. The molecule has 3 aromatic carbocycles. The minimum atomic E-state index is -3.21. The van der Waals surface area contributed by atoms with Crippen LogP contribution >= 0.6 is 11.6 Å². The molecule has 1 unspecified atom stereocenters. The van der Waals surface area contributed by atoms with E-state index in [1.807, 2.05) is 42.5 Å². The molecule has 0 saturated carbocycles. The molecule has 0 radical (unpaired) electrons. The summed E-state index contributed by atoms with van der Waals surface area (Å²) in [6.45, 7) is -0.0602. The molecule has 1 aliphatic heterocycles. The highest BCUT2D eigenvalue weighted by Crippen LogP contribution is 2.27. The summed E-state index contributed by atoms with van der Waals surface area (Å²) in [5, 5.41) is 2.21. The molecule has 0 aromatic heterocycles. The minimum Gasteiger partial charge on any atom is -0.334 e. The standard InChI is InChI=1S/C23H21ClFNO3S/c24-21-9-4-10-22(25)20(21)14-26(18-11-12-30(28,29)15-18)23(27)13-17-7-3-6-16-5-1-2-8-19(16)17/h1-10,18H,11-15H2. The summed E-state index contributed by atoms with van der Waals surface area (Å²) in [5.41, 5.74) is 1.05. The first-order valence-corrected chi connectivity index (χ1v) is 11.9. The van der Waals surface area contributed by atoms with Crippen LogP contribution in [0.4, 0.5) is 4.39 Å². The minimum absolute atomic E-state index is 0.0285. The van der Waals surface area contributed by atoms with Crippen LogP contribution in [0.25, 0.3) is 10.8 Å². The average molecular weight is 446 g/mol. The van der Waals surface area contributed by atoms with E-state index in [0.29, 0.717) is 6.42 Å². The van der Waals surface area contributed by atoms with Crippen LogP contribution in [0.2, 0.25) is 5.02 Å². The molecule has 1 saturated heterocycles. The van der Waals surface area contributed by atoms with Crippen molar-refractivity contribution >= 4 is 38.1 Å². The van der Waals surface area contributed by atoms with E-state index in [-0.39, 0.29) is 41.0 Å². The van der Waals surface area contributed by atoms with Gasteiger partial charge in [-0.05, 0) is 34.9 Å². The molecule has 1 fully saturated rings. The summed E-state index contributed by atoms with van der Waals surface area (Å²) in [5.74, 6) is -0.833. The number of amides is 1. The van der Waals surface area contributed by atoms with Gasteiger partial charge in [0.05, 0.1) is 24.5 Å². The lowest BCUT2D eigenvalue weighted by atomic mass is 10.0. The zero-order valence-corrected chi connectivity index (χ0v) is 17.8. The fourth-order valence-corrected chi connectivity index (χ4v) is 5.96. The Bertz CT molecular complexity index is 1190. The van der Waals surface area contributed by atoms with Crippen LogP contribution < -0.4 is 0 Å². The number of benzene rings is 3. The lowest BCUT2D eigenvalue weighted by Crippen LogP contribution is -2.41. The first-order valence-electron chi connectivity index (χ1n) is 9.73. The summed E-state index contributed by atoms with van der Waals surface area (Å²) >= 11 is 6.18. The van der Waals surface area contributed by atoms with Crippen molar-refractivity contribution in [2.45, 2.75) is 25.4 Å². The second-order valence-corrected chi connectivity index (χ2v) is 10.2.